The van der Waals surface area contributed by atoms with Crippen LogP contribution in [-0.4, -0.2) is 20.7 Å². The van der Waals surface area contributed by atoms with Crippen molar-refractivity contribution >= 4 is 23.1 Å². The highest BCUT2D eigenvalue weighted by molar-refractivity contribution is 7.12. The number of nitrogens with one attached hydrogen (secondary N) is 1. The molecule has 1 N–H and O–H groups in total. The number of thiophene rings is 1. The number of hydrogen-bond donors (Lipinski definition) is 1. The third-order valence-corrected chi connectivity index (χ3v) is 4.42. The Kier molecular flexibility index (Phi) is 4.83. The molecule has 0 radical (unpaired) electrons. The topological polar surface area (TPSA) is 59.8 Å². The number of hydrogen-bond acceptors (Lipinski definition) is 4. The molecule has 3 rings (SSSR count). The van der Waals surface area contributed by atoms with Crippen molar-refractivity contribution in [3.63, 3.8) is 0 Å². The number of amides is 1. The van der Waals surface area contributed by atoms with E-state index in [0.717, 1.165) is 17.8 Å². The van der Waals surface area contributed by atoms with Gasteiger partial charge in [-0.25, -0.2) is 0 Å². The van der Waals surface area contributed by atoms with Crippen molar-refractivity contribution in [3.05, 3.63) is 64.2 Å². The molecule has 0 aromatic carbocycles. The molecule has 1 amide bonds. The van der Waals surface area contributed by atoms with Gasteiger partial charge < -0.3 is 5.32 Å². The average molecular weight is 326 g/mol. The van der Waals surface area contributed by atoms with E-state index < -0.39 is 0 Å². The Morgan fingerprint density at radius 1 is 1.22 bits per heavy atom. The SMILES string of the molecule is Cc1ccc(CC(=O)Nc2ccn(CCc3ccncc3)n2)s1. The van der Waals surface area contributed by atoms with Gasteiger partial charge in [0.25, 0.3) is 0 Å². The van der Waals surface area contributed by atoms with Gasteiger partial charge in [0.05, 0.1) is 6.42 Å². The molecule has 0 aliphatic rings. The molecule has 23 heavy (non-hydrogen) atoms. The van der Waals surface area contributed by atoms with Gasteiger partial charge in [0.1, 0.15) is 0 Å². The summed E-state index contributed by atoms with van der Waals surface area (Å²) in [4.78, 5) is 18.3. The molecular formula is C17H18N4OS. The summed E-state index contributed by atoms with van der Waals surface area (Å²) in [6, 6.07) is 9.84. The van der Waals surface area contributed by atoms with Crippen molar-refractivity contribution in [1.82, 2.24) is 14.8 Å². The number of carbonyl (C=O) groups excluding carboxylic acids is 1. The van der Waals surface area contributed by atoms with Gasteiger partial charge in [-0.05, 0) is 43.2 Å². The Labute approximate surface area is 139 Å². The van der Waals surface area contributed by atoms with Gasteiger partial charge in [0.15, 0.2) is 5.82 Å². The lowest BCUT2D eigenvalue weighted by Crippen LogP contribution is -2.14. The molecule has 0 fully saturated rings. The summed E-state index contributed by atoms with van der Waals surface area (Å²) in [7, 11) is 0. The number of aromatic nitrogens is 3. The zero-order valence-corrected chi connectivity index (χ0v) is 13.7. The molecule has 0 atom stereocenters. The van der Waals surface area contributed by atoms with E-state index in [1.807, 2.05) is 48.1 Å². The van der Waals surface area contributed by atoms with Gasteiger partial charge in [-0.2, -0.15) is 5.10 Å². The number of carbonyl (C=O) groups is 1. The number of aryl methyl sites for hydroxylation is 3. The highest BCUT2D eigenvalue weighted by atomic mass is 32.1. The van der Waals surface area contributed by atoms with Crippen LogP contribution in [0.25, 0.3) is 0 Å². The van der Waals surface area contributed by atoms with E-state index in [4.69, 9.17) is 0 Å². The van der Waals surface area contributed by atoms with E-state index in [1.165, 1.54) is 10.4 Å². The summed E-state index contributed by atoms with van der Waals surface area (Å²) in [6.45, 7) is 2.81. The molecule has 0 bridgehead atoms. The molecule has 5 nitrogen and oxygen atoms in total. The van der Waals surface area contributed by atoms with E-state index in [2.05, 4.69) is 15.4 Å². The molecule has 0 aliphatic carbocycles. The molecule has 3 aromatic rings. The smallest absolute Gasteiger partial charge is 0.230 e. The maximum atomic E-state index is 12.0. The van der Waals surface area contributed by atoms with Crippen LogP contribution in [0, 0.1) is 6.92 Å². The predicted molar refractivity (Wildman–Crippen MR) is 91.6 cm³/mol. The maximum Gasteiger partial charge on any atom is 0.230 e. The minimum Gasteiger partial charge on any atom is -0.309 e. The van der Waals surface area contributed by atoms with E-state index in [9.17, 15) is 4.79 Å². The summed E-state index contributed by atoms with van der Waals surface area (Å²) in [6.07, 6.45) is 6.73. The van der Waals surface area contributed by atoms with Crippen LogP contribution >= 0.6 is 11.3 Å². The molecule has 0 saturated carbocycles. The molecule has 0 unspecified atom stereocenters. The van der Waals surface area contributed by atoms with Crippen LogP contribution in [0.5, 0.6) is 0 Å². The van der Waals surface area contributed by atoms with E-state index in [1.54, 1.807) is 23.7 Å². The largest absolute Gasteiger partial charge is 0.309 e. The van der Waals surface area contributed by atoms with Crippen molar-refractivity contribution in [2.45, 2.75) is 26.3 Å². The van der Waals surface area contributed by atoms with Crippen LogP contribution in [0.1, 0.15) is 15.3 Å². The Balaban J connectivity index is 1.51. The molecule has 118 valence electrons. The van der Waals surface area contributed by atoms with Gasteiger partial charge in [0.2, 0.25) is 5.91 Å². The lowest BCUT2D eigenvalue weighted by atomic mass is 10.2. The first-order chi connectivity index (χ1) is 11.2. The van der Waals surface area contributed by atoms with E-state index in [0.29, 0.717) is 12.2 Å². The van der Waals surface area contributed by atoms with Crippen LogP contribution < -0.4 is 5.32 Å². The Morgan fingerprint density at radius 3 is 2.78 bits per heavy atom. The minimum atomic E-state index is -0.0359. The number of nitrogens with zero attached hydrogens (tertiary/aromatic N) is 3. The molecule has 3 aromatic heterocycles. The third kappa shape index (κ3) is 4.50. The standard InChI is InChI=1S/C17H18N4OS/c1-13-2-3-15(23-13)12-17(22)19-16-7-11-21(20-16)10-6-14-4-8-18-9-5-14/h2-5,7-9,11H,6,10,12H2,1H3,(H,19,20,22). The normalized spacial score (nSPS) is 10.7. The van der Waals surface area contributed by atoms with Crippen molar-refractivity contribution < 1.29 is 4.79 Å². The molecular weight excluding hydrogens is 308 g/mol. The zero-order chi connectivity index (χ0) is 16.1. The monoisotopic (exact) mass is 326 g/mol. The minimum absolute atomic E-state index is 0.0359. The first-order valence-electron chi connectivity index (χ1n) is 7.46. The van der Waals surface area contributed by atoms with Crippen LogP contribution in [0.3, 0.4) is 0 Å². The van der Waals surface area contributed by atoms with E-state index >= 15 is 0 Å². The molecule has 0 aliphatic heterocycles. The van der Waals surface area contributed by atoms with Gasteiger partial charge in [-0.3, -0.25) is 14.5 Å². The molecule has 0 spiro atoms. The van der Waals surface area contributed by atoms with Crippen molar-refractivity contribution in [2.24, 2.45) is 0 Å². The molecule has 0 saturated heterocycles. The first-order valence-corrected chi connectivity index (χ1v) is 8.28. The Hall–Kier alpha value is -2.47. The summed E-state index contributed by atoms with van der Waals surface area (Å²) < 4.78 is 1.84. The molecule has 6 heteroatoms. The Morgan fingerprint density at radius 2 is 2.04 bits per heavy atom. The summed E-state index contributed by atoms with van der Waals surface area (Å²) in [5.41, 5.74) is 1.22. The highest BCUT2D eigenvalue weighted by Gasteiger charge is 2.08. The first kappa shape index (κ1) is 15.4. The maximum absolute atomic E-state index is 12.0. The van der Waals surface area contributed by atoms with Gasteiger partial charge >= 0.3 is 0 Å². The highest BCUT2D eigenvalue weighted by Crippen LogP contribution is 2.16. The second kappa shape index (κ2) is 7.19. The average Bonchev–Trinajstić information content (AvgIpc) is 3.15. The van der Waals surface area contributed by atoms with Crippen LogP contribution in [0.2, 0.25) is 0 Å². The summed E-state index contributed by atoms with van der Waals surface area (Å²) in [5, 5.41) is 7.23. The summed E-state index contributed by atoms with van der Waals surface area (Å²) >= 11 is 1.65. The second-order valence-electron chi connectivity index (χ2n) is 5.31. The Bertz CT molecular complexity index is 779. The predicted octanol–water partition coefficient (Wildman–Crippen LogP) is 3.07. The van der Waals surface area contributed by atoms with Crippen molar-refractivity contribution in [3.8, 4) is 0 Å². The fourth-order valence-corrected chi connectivity index (χ4v) is 3.16. The van der Waals surface area contributed by atoms with E-state index in [-0.39, 0.29) is 5.91 Å². The number of anilines is 1. The van der Waals surface area contributed by atoms with Crippen LogP contribution in [0.4, 0.5) is 5.82 Å². The number of rotatable bonds is 6. The molecule has 3 heterocycles. The third-order valence-electron chi connectivity index (χ3n) is 3.42. The quantitative estimate of drug-likeness (QED) is 0.757. The van der Waals surface area contributed by atoms with Crippen molar-refractivity contribution in [1.29, 1.82) is 0 Å². The number of pyridine rings is 1. The summed E-state index contributed by atoms with van der Waals surface area (Å²) in [5.74, 6) is 0.559. The lowest BCUT2D eigenvalue weighted by Gasteiger charge is -2.02. The fraction of sp³-hybridized carbons (Fsp3) is 0.235. The zero-order valence-electron chi connectivity index (χ0n) is 12.9. The second-order valence-corrected chi connectivity index (χ2v) is 6.68. The van der Waals surface area contributed by atoms with Crippen molar-refractivity contribution in [2.75, 3.05) is 5.32 Å². The fourth-order valence-electron chi connectivity index (χ4n) is 2.27. The van der Waals surface area contributed by atoms with Crippen LogP contribution in [-0.2, 0) is 24.2 Å². The van der Waals surface area contributed by atoms with Gasteiger partial charge in [0, 0.05) is 41.0 Å². The van der Waals surface area contributed by atoms with Gasteiger partial charge in [-0.15, -0.1) is 11.3 Å². The van der Waals surface area contributed by atoms with Gasteiger partial charge in [-0.1, -0.05) is 0 Å². The lowest BCUT2D eigenvalue weighted by molar-refractivity contribution is -0.115. The van der Waals surface area contributed by atoms with Crippen LogP contribution in [0.15, 0.2) is 48.9 Å².